The molecule has 138 valence electrons. The second kappa shape index (κ2) is 7.78. The highest BCUT2D eigenvalue weighted by molar-refractivity contribution is 5.97. The number of benzene rings is 1. The van der Waals surface area contributed by atoms with Gasteiger partial charge in [-0.25, -0.2) is 0 Å². The van der Waals surface area contributed by atoms with E-state index >= 15 is 0 Å². The van der Waals surface area contributed by atoms with E-state index in [9.17, 15) is 4.79 Å². The molecule has 2 heterocycles. The quantitative estimate of drug-likeness (QED) is 0.821. The van der Waals surface area contributed by atoms with Gasteiger partial charge in [-0.15, -0.1) is 0 Å². The summed E-state index contributed by atoms with van der Waals surface area (Å²) in [5.74, 6) is 1.82. The van der Waals surface area contributed by atoms with Crippen LogP contribution in [0.1, 0.15) is 34.6 Å². The number of hydrogen-bond acceptors (Lipinski definition) is 7. The van der Waals surface area contributed by atoms with Gasteiger partial charge in [0, 0.05) is 25.6 Å². The van der Waals surface area contributed by atoms with Crippen LogP contribution in [0.2, 0.25) is 0 Å². The molecule has 0 amide bonds. The average Bonchev–Trinajstić information content (AvgIpc) is 2.62. The zero-order valence-electron chi connectivity index (χ0n) is 15.6. The van der Waals surface area contributed by atoms with Gasteiger partial charge >= 0.3 is 0 Å². The molecule has 1 aliphatic rings. The molecule has 2 aromatic rings. The Bertz CT molecular complexity index is 766. The lowest BCUT2D eigenvalue weighted by Crippen LogP contribution is -2.36. The van der Waals surface area contributed by atoms with Crippen molar-refractivity contribution in [1.29, 1.82) is 0 Å². The number of nitrogens with zero attached hydrogens (tertiary/aromatic N) is 5. The minimum Gasteiger partial charge on any atom is -0.368 e. The average molecular weight is 354 g/mol. The zero-order chi connectivity index (χ0) is 18.7. The fraction of sp³-hybridized carbons (Fsp3) is 0.474. The van der Waals surface area contributed by atoms with Crippen LogP contribution >= 0.6 is 0 Å². The van der Waals surface area contributed by atoms with E-state index in [2.05, 4.69) is 19.9 Å². The van der Waals surface area contributed by atoms with Gasteiger partial charge in [-0.2, -0.15) is 15.0 Å². The predicted molar refractivity (Wildman–Crippen MR) is 102 cm³/mol. The maximum absolute atomic E-state index is 12.7. The first kappa shape index (κ1) is 18.3. The molecule has 0 aliphatic carbocycles. The number of piperidine rings is 1. The Kier molecular flexibility index (Phi) is 5.46. The molecule has 3 rings (SSSR count). The lowest BCUT2D eigenvalue weighted by Gasteiger charge is -2.30. The lowest BCUT2D eigenvalue weighted by molar-refractivity contribution is 0.0833. The van der Waals surface area contributed by atoms with Gasteiger partial charge in [0.25, 0.3) is 0 Å². The molecule has 0 unspecified atom stereocenters. The number of aromatic nitrogens is 3. The van der Waals surface area contributed by atoms with E-state index in [-0.39, 0.29) is 17.6 Å². The second-order valence-corrected chi connectivity index (χ2v) is 7.08. The Labute approximate surface area is 154 Å². The minimum absolute atomic E-state index is 0.0923. The minimum atomic E-state index is 0.0923. The zero-order valence-corrected chi connectivity index (χ0v) is 15.6. The molecule has 1 aliphatic heterocycles. The van der Waals surface area contributed by atoms with Crippen LogP contribution in [0.3, 0.4) is 0 Å². The fourth-order valence-corrected chi connectivity index (χ4v) is 3.20. The Morgan fingerprint density at radius 1 is 1.15 bits per heavy atom. The smallest absolute Gasteiger partial charge is 0.229 e. The number of anilines is 2. The molecule has 1 aromatic carbocycles. The van der Waals surface area contributed by atoms with E-state index < -0.39 is 0 Å². The van der Waals surface area contributed by atoms with Crippen LogP contribution < -0.4 is 10.6 Å². The highest BCUT2D eigenvalue weighted by Crippen LogP contribution is 2.23. The third kappa shape index (κ3) is 4.35. The standard InChI is InChI=1S/C19H26N6O/c1-13-4-6-14(7-5-13)17(26)15-8-10-25(11-9-15)12-16-21-18(20)23-19(22-16)24(2)3/h4-7,15H,8-12H2,1-3H3,(H2,20,21,22,23). The number of hydrogen-bond donors (Lipinski definition) is 1. The van der Waals surface area contributed by atoms with Crippen LogP contribution in [0.15, 0.2) is 24.3 Å². The number of nitrogen functional groups attached to an aromatic ring is 1. The third-order valence-electron chi connectivity index (χ3n) is 4.75. The second-order valence-electron chi connectivity index (χ2n) is 7.08. The number of ketones is 1. The normalized spacial score (nSPS) is 15.8. The topological polar surface area (TPSA) is 88.2 Å². The van der Waals surface area contributed by atoms with E-state index in [0.29, 0.717) is 18.3 Å². The number of carbonyl (C=O) groups is 1. The number of aryl methyl sites for hydroxylation is 1. The van der Waals surface area contributed by atoms with Crippen LogP contribution in [-0.2, 0) is 6.54 Å². The van der Waals surface area contributed by atoms with Crippen LogP contribution in [-0.4, -0.2) is 52.8 Å². The van der Waals surface area contributed by atoms with Crippen molar-refractivity contribution in [3.63, 3.8) is 0 Å². The van der Waals surface area contributed by atoms with Gasteiger partial charge in [-0.1, -0.05) is 29.8 Å². The summed E-state index contributed by atoms with van der Waals surface area (Å²) < 4.78 is 0. The third-order valence-corrected chi connectivity index (χ3v) is 4.75. The van der Waals surface area contributed by atoms with Gasteiger partial charge in [0.1, 0.15) is 5.82 Å². The van der Waals surface area contributed by atoms with Gasteiger partial charge in [-0.3, -0.25) is 9.69 Å². The van der Waals surface area contributed by atoms with Crippen molar-refractivity contribution in [3.8, 4) is 0 Å². The maximum Gasteiger partial charge on any atom is 0.229 e. The molecule has 0 bridgehead atoms. The van der Waals surface area contributed by atoms with Crippen molar-refractivity contribution in [2.75, 3.05) is 37.8 Å². The first-order chi connectivity index (χ1) is 12.4. The summed E-state index contributed by atoms with van der Waals surface area (Å²) in [6.45, 7) is 4.36. The molecule has 0 spiro atoms. The Morgan fingerprint density at radius 3 is 2.42 bits per heavy atom. The molecule has 7 heteroatoms. The summed E-state index contributed by atoms with van der Waals surface area (Å²) in [7, 11) is 3.75. The lowest BCUT2D eigenvalue weighted by atomic mass is 9.88. The summed E-state index contributed by atoms with van der Waals surface area (Å²) in [6.07, 6.45) is 1.71. The Balaban J connectivity index is 1.59. The van der Waals surface area contributed by atoms with Crippen LogP contribution in [0.4, 0.5) is 11.9 Å². The van der Waals surface area contributed by atoms with Gasteiger partial charge < -0.3 is 10.6 Å². The number of Topliss-reactive ketones (excluding diaryl/α,β-unsaturated/α-hetero) is 1. The summed E-state index contributed by atoms with van der Waals surface area (Å²) >= 11 is 0. The van der Waals surface area contributed by atoms with Crippen LogP contribution in [0, 0.1) is 12.8 Å². The molecule has 2 N–H and O–H groups in total. The first-order valence-electron chi connectivity index (χ1n) is 8.93. The Morgan fingerprint density at radius 2 is 1.81 bits per heavy atom. The van der Waals surface area contributed by atoms with E-state index in [4.69, 9.17) is 5.73 Å². The van der Waals surface area contributed by atoms with Crippen molar-refractivity contribution in [1.82, 2.24) is 19.9 Å². The summed E-state index contributed by atoms with van der Waals surface area (Å²) in [6, 6.07) is 7.85. The van der Waals surface area contributed by atoms with Gasteiger partial charge in [0.05, 0.1) is 6.54 Å². The summed E-state index contributed by atoms with van der Waals surface area (Å²) in [4.78, 5) is 29.6. The molecule has 1 fully saturated rings. The van der Waals surface area contributed by atoms with Crippen molar-refractivity contribution in [2.45, 2.75) is 26.3 Å². The highest BCUT2D eigenvalue weighted by Gasteiger charge is 2.26. The SMILES string of the molecule is Cc1ccc(C(=O)C2CCN(Cc3nc(N)nc(N(C)C)n3)CC2)cc1. The van der Waals surface area contributed by atoms with Gasteiger partial charge in [0.2, 0.25) is 11.9 Å². The largest absolute Gasteiger partial charge is 0.368 e. The molecule has 0 saturated carbocycles. The molecule has 26 heavy (non-hydrogen) atoms. The maximum atomic E-state index is 12.7. The molecule has 0 atom stereocenters. The van der Waals surface area contributed by atoms with Crippen LogP contribution in [0.25, 0.3) is 0 Å². The van der Waals surface area contributed by atoms with Crippen molar-refractivity contribution in [2.24, 2.45) is 5.92 Å². The van der Waals surface area contributed by atoms with E-state index in [1.807, 2.05) is 50.2 Å². The summed E-state index contributed by atoms with van der Waals surface area (Å²) in [5.41, 5.74) is 7.77. The van der Waals surface area contributed by atoms with Crippen molar-refractivity contribution >= 4 is 17.7 Å². The molecule has 7 nitrogen and oxygen atoms in total. The Hall–Kier alpha value is -2.54. The number of likely N-dealkylation sites (tertiary alicyclic amines) is 1. The van der Waals surface area contributed by atoms with Gasteiger partial charge in [0.15, 0.2) is 5.78 Å². The van der Waals surface area contributed by atoms with Crippen molar-refractivity contribution in [3.05, 3.63) is 41.2 Å². The number of rotatable bonds is 5. The molecule has 1 aromatic heterocycles. The first-order valence-corrected chi connectivity index (χ1v) is 8.93. The van der Waals surface area contributed by atoms with E-state index in [0.717, 1.165) is 31.5 Å². The molecule has 0 radical (unpaired) electrons. The predicted octanol–water partition coefficient (Wildman–Crippen LogP) is 1.92. The molecule has 1 saturated heterocycles. The monoisotopic (exact) mass is 354 g/mol. The summed E-state index contributed by atoms with van der Waals surface area (Å²) in [5, 5.41) is 0. The van der Waals surface area contributed by atoms with E-state index in [1.165, 1.54) is 5.56 Å². The highest BCUT2D eigenvalue weighted by atomic mass is 16.1. The molecular formula is C19H26N6O. The van der Waals surface area contributed by atoms with Crippen LogP contribution in [0.5, 0.6) is 0 Å². The van der Waals surface area contributed by atoms with Gasteiger partial charge in [-0.05, 0) is 32.9 Å². The van der Waals surface area contributed by atoms with Crippen molar-refractivity contribution < 1.29 is 4.79 Å². The number of carbonyl (C=O) groups excluding carboxylic acids is 1. The van der Waals surface area contributed by atoms with E-state index in [1.54, 1.807) is 0 Å². The number of nitrogens with two attached hydrogens (primary N) is 1. The fourth-order valence-electron chi connectivity index (χ4n) is 3.20. The molecular weight excluding hydrogens is 328 g/mol.